The van der Waals surface area contributed by atoms with E-state index in [1.807, 2.05) is 0 Å². The van der Waals surface area contributed by atoms with Crippen LogP contribution in [0.5, 0.6) is 0 Å². The Morgan fingerprint density at radius 3 is 2.60 bits per heavy atom. The molecule has 0 radical (unpaired) electrons. The van der Waals surface area contributed by atoms with Gasteiger partial charge in [0.1, 0.15) is 12.6 Å². The number of hydrogen-bond donors (Lipinski definition) is 1. The van der Waals surface area contributed by atoms with E-state index >= 15 is 0 Å². The van der Waals surface area contributed by atoms with Crippen LogP contribution in [0.4, 0.5) is 18.9 Å². The highest BCUT2D eigenvalue weighted by Crippen LogP contribution is 2.22. The molecule has 0 aliphatic rings. The van der Waals surface area contributed by atoms with Crippen LogP contribution in [0.15, 0.2) is 18.2 Å². The minimum absolute atomic E-state index is 0.0855. The summed E-state index contributed by atoms with van der Waals surface area (Å²) in [6.45, 7) is -1.19. The first-order valence-corrected chi connectivity index (χ1v) is 4.30. The normalized spacial score (nSPS) is 10.9. The van der Waals surface area contributed by atoms with Gasteiger partial charge < -0.3 is 5.32 Å². The van der Waals surface area contributed by atoms with E-state index in [0.29, 0.717) is 0 Å². The van der Waals surface area contributed by atoms with Gasteiger partial charge in [-0.05, 0) is 18.2 Å². The molecule has 0 atom stereocenters. The molecule has 0 bridgehead atoms. The van der Waals surface area contributed by atoms with Crippen molar-refractivity contribution in [3.63, 3.8) is 0 Å². The molecule has 6 heteroatoms. The molecule has 1 rings (SSSR count). The molecule has 0 fully saturated rings. The molecular weight excluding hydrogens is 229 g/mol. The largest absolute Gasteiger partial charge is 0.405 e. The van der Waals surface area contributed by atoms with Crippen LogP contribution in [-0.2, 0) is 0 Å². The number of halogens is 4. The third-order valence-corrected chi connectivity index (χ3v) is 1.82. The van der Waals surface area contributed by atoms with Gasteiger partial charge in [0.25, 0.3) is 0 Å². The quantitative estimate of drug-likeness (QED) is 0.853. The van der Waals surface area contributed by atoms with Crippen LogP contribution >= 0.6 is 11.6 Å². The zero-order valence-corrected chi connectivity index (χ0v) is 8.15. The molecule has 0 saturated carbocycles. The van der Waals surface area contributed by atoms with Crippen LogP contribution < -0.4 is 5.32 Å². The number of hydrogen-bond acceptors (Lipinski definition) is 2. The number of anilines is 1. The second-order valence-electron chi connectivity index (χ2n) is 2.77. The molecule has 1 aromatic rings. The Hall–Kier alpha value is -1.41. The van der Waals surface area contributed by atoms with Crippen molar-refractivity contribution in [2.24, 2.45) is 0 Å². The van der Waals surface area contributed by atoms with E-state index in [4.69, 9.17) is 16.9 Å². The second-order valence-corrected chi connectivity index (χ2v) is 3.21. The maximum Gasteiger partial charge on any atom is 0.405 e. The first-order valence-electron chi connectivity index (χ1n) is 3.92. The third kappa shape index (κ3) is 3.68. The van der Waals surface area contributed by atoms with E-state index in [1.165, 1.54) is 18.2 Å². The van der Waals surface area contributed by atoms with E-state index in [9.17, 15) is 13.2 Å². The van der Waals surface area contributed by atoms with Gasteiger partial charge in [0.2, 0.25) is 0 Å². The monoisotopic (exact) mass is 234 g/mol. The lowest BCUT2D eigenvalue weighted by molar-refractivity contribution is -0.115. The molecule has 1 aromatic carbocycles. The van der Waals surface area contributed by atoms with Crippen molar-refractivity contribution in [1.82, 2.24) is 0 Å². The van der Waals surface area contributed by atoms with Gasteiger partial charge in [-0.1, -0.05) is 11.6 Å². The Kier molecular flexibility index (Phi) is 3.43. The number of rotatable bonds is 2. The van der Waals surface area contributed by atoms with Crippen molar-refractivity contribution in [3.05, 3.63) is 28.8 Å². The third-order valence-electron chi connectivity index (χ3n) is 1.58. The smallest absolute Gasteiger partial charge is 0.375 e. The number of nitrogens with zero attached hydrogens (tertiary/aromatic N) is 1. The van der Waals surface area contributed by atoms with Gasteiger partial charge in [0.05, 0.1) is 11.3 Å². The summed E-state index contributed by atoms with van der Waals surface area (Å²) in [4.78, 5) is 0. The average molecular weight is 235 g/mol. The summed E-state index contributed by atoms with van der Waals surface area (Å²) in [6.07, 6.45) is -4.32. The zero-order chi connectivity index (χ0) is 11.5. The Bertz CT molecular complexity index is 395. The molecular formula is C9H6ClF3N2. The van der Waals surface area contributed by atoms with Crippen molar-refractivity contribution in [3.8, 4) is 6.07 Å². The molecule has 1 N–H and O–H groups in total. The molecule has 80 valence electrons. The molecule has 0 heterocycles. The average Bonchev–Trinajstić information content (AvgIpc) is 2.14. The summed E-state index contributed by atoms with van der Waals surface area (Å²) in [7, 11) is 0. The van der Waals surface area contributed by atoms with E-state index in [2.05, 4.69) is 5.32 Å². The van der Waals surface area contributed by atoms with E-state index in [-0.39, 0.29) is 16.3 Å². The molecule has 0 amide bonds. The summed E-state index contributed by atoms with van der Waals surface area (Å²) in [5, 5.41) is 11.0. The molecule has 2 nitrogen and oxygen atoms in total. The van der Waals surface area contributed by atoms with Crippen LogP contribution in [0.25, 0.3) is 0 Å². The van der Waals surface area contributed by atoms with Crippen molar-refractivity contribution in [1.29, 1.82) is 5.26 Å². The maximum atomic E-state index is 11.9. The molecule has 0 aliphatic carbocycles. The molecule has 0 spiro atoms. The first-order chi connectivity index (χ1) is 6.92. The van der Waals surface area contributed by atoms with Gasteiger partial charge in [0.15, 0.2) is 0 Å². The number of alkyl halides is 3. The molecule has 0 saturated heterocycles. The Balaban J connectivity index is 2.85. The Labute approximate surface area is 89.3 Å². The number of nitriles is 1. The van der Waals surface area contributed by atoms with Crippen molar-refractivity contribution in [2.45, 2.75) is 6.18 Å². The SMILES string of the molecule is N#Cc1ccc(Cl)cc1NCC(F)(F)F. The molecule has 0 unspecified atom stereocenters. The van der Waals surface area contributed by atoms with Crippen molar-refractivity contribution in [2.75, 3.05) is 11.9 Å². The fourth-order valence-electron chi connectivity index (χ4n) is 0.956. The van der Waals surface area contributed by atoms with Crippen LogP contribution in [0, 0.1) is 11.3 Å². The summed E-state index contributed by atoms with van der Waals surface area (Å²) in [6, 6.07) is 5.86. The highest BCUT2D eigenvalue weighted by molar-refractivity contribution is 6.30. The molecule has 0 aliphatic heterocycles. The highest BCUT2D eigenvalue weighted by Gasteiger charge is 2.26. The van der Waals surface area contributed by atoms with Gasteiger partial charge in [0, 0.05) is 5.02 Å². The lowest BCUT2D eigenvalue weighted by atomic mass is 10.2. The fourth-order valence-corrected chi connectivity index (χ4v) is 1.13. The number of nitrogens with one attached hydrogen (secondary N) is 1. The van der Waals surface area contributed by atoms with E-state index < -0.39 is 12.7 Å². The molecule has 0 aromatic heterocycles. The van der Waals surface area contributed by atoms with Crippen molar-refractivity contribution < 1.29 is 13.2 Å². The fraction of sp³-hybridized carbons (Fsp3) is 0.222. The van der Waals surface area contributed by atoms with Gasteiger partial charge in [-0.25, -0.2) is 0 Å². The van der Waals surface area contributed by atoms with Crippen molar-refractivity contribution >= 4 is 17.3 Å². The summed E-state index contributed by atoms with van der Waals surface area (Å²) < 4.78 is 35.7. The predicted molar refractivity (Wildman–Crippen MR) is 50.7 cm³/mol. The lowest BCUT2D eigenvalue weighted by Crippen LogP contribution is -2.21. The van der Waals surface area contributed by atoms with E-state index in [0.717, 1.165) is 0 Å². The van der Waals surface area contributed by atoms with Gasteiger partial charge in [-0.2, -0.15) is 18.4 Å². The second kappa shape index (κ2) is 4.41. The van der Waals surface area contributed by atoms with Gasteiger partial charge in [-0.15, -0.1) is 0 Å². The Morgan fingerprint density at radius 2 is 2.07 bits per heavy atom. The van der Waals surface area contributed by atoms with Crippen LogP contribution in [0.3, 0.4) is 0 Å². The molecule has 15 heavy (non-hydrogen) atoms. The predicted octanol–water partition coefficient (Wildman–Crippen LogP) is 3.19. The lowest BCUT2D eigenvalue weighted by Gasteiger charge is -2.10. The topological polar surface area (TPSA) is 35.8 Å². The minimum atomic E-state index is -4.32. The first kappa shape index (κ1) is 11.7. The summed E-state index contributed by atoms with van der Waals surface area (Å²) >= 11 is 5.59. The minimum Gasteiger partial charge on any atom is -0.375 e. The maximum absolute atomic E-state index is 11.9. The van der Waals surface area contributed by atoms with Gasteiger partial charge in [-0.3, -0.25) is 0 Å². The van der Waals surface area contributed by atoms with Crippen LogP contribution in [-0.4, -0.2) is 12.7 Å². The summed E-state index contributed by atoms with van der Waals surface area (Å²) in [5.74, 6) is 0. The standard InChI is InChI=1S/C9H6ClF3N2/c10-7-2-1-6(4-14)8(3-7)15-5-9(11,12)13/h1-3,15H,5H2. The zero-order valence-electron chi connectivity index (χ0n) is 7.40. The van der Waals surface area contributed by atoms with E-state index in [1.54, 1.807) is 6.07 Å². The van der Waals surface area contributed by atoms with Crippen LogP contribution in [0.1, 0.15) is 5.56 Å². The number of benzene rings is 1. The van der Waals surface area contributed by atoms with Gasteiger partial charge >= 0.3 is 6.18 Å². The Morgan fingerprint density at radius 1 is 1.40 bits per heavy atom. The summed E-state index contributed by atoms with van der Waals surface area (Å²) in [5.41, 5.74) is 0.214. The van der Waals surface area contributed by atoms with Crippen LogP contribution in [0.2, 0.25) is 5.02 Å². The highest BCUT2D eigenvalue weighted by atomic mass is 35.5.